The van der Waals surface area contributed by atoms with E-state index in [4.69, 9.17) is 0 Å². The number of nitrogens with one attached hydrogen (secondary N) is 1. The Bertz CT molecular complexity index is 700. The van der Waals surface area contributed by atoms with Crippen molar-refractivity contribution in [2.75, 3.05) is 18.0 Å². The maximum atomic E-state index is 12.0. The second-order valence-corrected chi connectivity index (χ2v) is 5.21. The number of pyridine rings is 1. The second kappa shape index (κ2) is 6.38. The largest absolute Gasteiger partial charge is 0.354 e. The molecule has 3 rings (SSSR count). The van der Waals surface area contributed by atoms with E-state index in [0.29, 0.717) is 0 Å². The third-order valence-electron chi connectivity index (χ3n) is 3.61. The van der Waals surface area contributed by atoms with Gasteiger partial charge in [-0.05, 0) is 24.6 Å². The molecule has 1 saturated heterocycles. The molecule has 0 radical (unpaired) electrons. The van der Waals surface area contributed by atoms with Gasteiger partial charge in [-0.1, -0.05) is 6.07 Å². The summed E-state index contributed by atoms with van der Waals surface area (Å²) in [5, 5.41) is 6.82. The van der Waals surface area contributed by atoms with Crippen LogP contribution in [0, 0.1) is 0 Å². The molecule has 22 heavy (non-hydrogen) atoms. The zero-order valence-corrected chi connectivity index (χ0v) is 12.1. The molecular formula is C15H17N5O2. The minimum atomic E-state index is -0.279. The number of anilines is 1. The lowest BCUT2D eigenvalue weighted by Crippen LogP contribution is -2.40. The summed E-state index contributed by atoms with van der Waals surface area (Å²) in [7, 11) is 0. The van der Waals surface area contributed by atoms with Gasteiger partial charge in [-0.25, -0.2) is 9.67 Å². The lowest BCUT2D eigenvalue weighted by atomic mass is 10.2. The molecule has 2 aromatic heterocycles. The molecule has 2 aromatic rings. The van der Waals surface area contributed by atoms with Gasteiger partial charge in [-0.3, -0.25) is 9.59 Å². The minimum Gasteiger partial charge on any atom is -0.354 e. The van der Waals surface area contributed by atoms with Gasteiger partial charge in [0.2, 0.25) is 5.91 Å². The lowest BCUT2D eigenvalue weighted by molar-refractivity contribution is -0.122. The molecule has 7 nitrogen and oxygen atoms in total. The predicted molar refractivity (Wildman–Crippen MR) is 81.5 cm³/mol. The van der Waals surface area contributed by atoms with E-state index in [2.05, 4.69) is 20.3 Å². The summed E-state index contributed by atoms with van der Waals surface area (Å²) in [6, 6.07) is 8.79. The van der Waals surface area contributed by atoms with Gasteiger partial charge >= 0.3 is 0 Å². The molecule has 0 aromatic carbocycles. The number of carbonyl (C=O) groups excluding carboxylic acids is 1. The number of amides is 1. The van der Waals surface area contributed by atoms with Crippen molar-refractivity contribution in [2.45, 2.75) is 19.0 Å². The third kappa shape index (κ3) is 3.30. The SMILES string of the molecule is O=C(Cn1ncccc1=O)N[C@@H]1CCN(c2ccccn2)C1. The van der Waals surface area contributed by atoms with Crippen LogP contribution in [0.4, 0.5) is 5.82 Å². The summed E-state index contributed by atoms with van der Waals surface area (Å²) >= 11 is 0. The maximum absolute atomic E-state index is 12.0. The Hall–Kier alpha value is -2.70. The molecule has 1 aliphatic rings. The highest BCUT2D eigenvalue weighted by atomic mass is 16.2. The van der Waals surface area contributed by atoms with Crippen molar-refractivity contribution >= 4 is 11.7 Å². The van der Waals surface area contributed by atoms with E-state index in [1.54, 1.807) is 12.3 Å². The zero-order valence-electron chi connectivity index (χ0n) is 12.1. The van der Waals surface area contributed by atoms with Gasteiger partial charge in [0.15, 0.2) is 0 Å². The molecule has 114 valence electrons. The second-order valence-electron chi connectivity index (χ2n) is 5.21. The van der Waals surface area contributed by atoms with Gasteiger partial charge in [-0.15, -0.1) is 0 Å². The Labute approximate surface area is 127 Å². The molecule has 7 heteroatoms. The summed E-state index contributed by atoms with van der Waals surface area (Å²) in [5.41, 5.74) is -0.279. The Morgan fingerprint density at radius 2 is 2.18 bits per heavy atom. The highest BCUT2D eigenvalue weighted by Gasteiger charge is 2.24. The molecule has 3 heterocycles. The number of aromatic nitrogens is 3. The first-order chi connectivity index (χ1) is 10.7. The van der Waals surface area contributed by atoms with Gasteiger partial charge in [0.05, 0.1) is 0 Å². The summed E-state index contributed by atoms with van der Waals surface area (Å²) in [6.07, 6.45) is 4.11. The van der Waals surface area contributed by atoms with Crippen LogP contribution >= 0.6 is 0 Å². The molecule has 0 aliphatic carbocycles. The third-order valence-corrected chi connectivity index (χ3v) is 3.61. The van der Waals surface area contributed by atoms with Crippen LogP contribution < -0.4 is 15.8 Å². The topological polar surface area (TPSA) is 80.1 Å². The predicted octanol–water partition coefficient (Wildman–Crippen LogP) is 0.0334. The van der Waals surface area contributed by atoms with E-state index in [1.807, 2.05) is 18.2 Å². The van der Waals surface area contributed by atoms with Crippen LogP contribution in [0.25, 0.3) is 0 Å². The van der Waals surface area contributed by atoms with Crippen molar-refractivity contribution in [3.63, 3.8) is 0 Å². The average Bonchev–Trinajstić information content (AvgIpc) is 2.99. The van der Waals surface area contributed by atoms with Crippen LogP contribution in [-0.2, 0) is 11.3 Å². The van der Waals surface area contributed by atoms with Crippen LogP contribution in [0.2, 0.25) is 0 Å². The normalized spacial score (nSPS) is 17.5. The van der Waals surface area contributed by atoms with Gasteiger partial charge < -0.3 is 10.2 Å². The van der Waals surface area contributed by atoms with E-state index >= 15 is 0 Å². The van der Waals surface area contributed by atoms with E-state index < -0.39 is 0 Å². The van der Waals surface area contributed by atoms with Crippen molar-refractivity contribution in [3.8, 4) is 0 Å². The van der Waals surface area contributed by atoms with Crippen molar-refractivity contribution in [3.05, 3.63) is 53.1 Å². The summed E-state index contributed by atoms with van der Waals surface area (Å²) < 4.78 is 1.15. The molecule has 1 amide bonds. The number of nitrogens with zero attached hydrogens (tertiary/aromatic N) is 4. The van der Waals surface area contributed by atoms with Gasteiger partial charge in [0.1, 0.15) is 12.4 Å². The fourth-order valence-electron chi connectivity index (χ4n) is 2.54. The van der Waals surface area contributed by atoms with Crippen LogP contribution in [0.3, 0.4) is 0 Å². The first-order valence-electron chi connectivity index (χ1n) is 7.20. The van der Waals surface area contributed by atoms with Crippen molar-refractivity contribution in [1.29, 1.82) is 0 Å². The van der Waals surface area contributed by atoms with Crippen molar-refractivity contribution in [1.82, 2.24) is 20.1 Å². The van der Waals surface area contributed by atoms with E-state index in [1.165, 1.54) is 12.3 Å². The van der Waals surface area contributed by atoms with E-state index in [9.17, 15) is 9.59 Å². The summed E-state index contributed by atoms with van der Waals surface area (Å²) in [6.45, 7) is 1.52. The number of hydrogen-bond donors (Lipinski definition) is 1. The Morgan fingerprint density at radius 1 is 1.27 bits per heavy atom. The van der Waals surface area contributed by atoms with Crippen LogP contribution in [-0.4, -0.2) is 39.8 Å². The fourth-order valence-corrected chi connectivity index (χ4v) is 2.54. The lowest BCUT2D eigenvalue weighted by Gasteiger charge is -2.17. The molecule has 0 unspecified atom stereocenters. The fraction of sp³-hybridized carbons (Fsp3) is 0.333. The number of rotatable bonds is 4. The molecule has 1 N–H and O–H groups in total. The van der Waals surface area contributed by atoms with Crippen LogP contribution in [0.5, 0.6) is 0 Å². The molecule has 1 fully saturated rings. The first kappa shape index (κ1) is 14.2. The number of carbonyl (C=O) groups is 1. The zero-order chi connectivity index (χ0) is 15.4. The highest BCUT2D eigenvalue weighted by molar-refractivity contribution is 5.76. The molecule has 0 bridgehead atoms. The molecule has 1 aliphatic heterocycles. The van der Waals surface area contributed by atoms with Crippen LogP contribution in [0.15, 0.2) is 47.5 Å². The van der Waals surface area contributed by atoms with Gasteiger partial charge in [-0.2, -0.15) is 5.10 Å². The molecular weight excluding hydrogens is 282 g/mol. The molecule has 1 atom stereocenters. The van der Waals surface area contributed by atoms with Crippen molar-refractivity contribution < 1.29 is 4.79 Å². The summed E-state index contributed by atoms with van der Waals surface area (Å²) in [5.74, 6) is 0.717. The van der Waals surface area contributed by atoms with Crippen LogP contribution in [0.1, 0.15) is 6.42 Å². The smallest absolute Gasteiger partial charge is 0.267 e. The summed E-state index contributed by atoms with van der Waals surface area (Å²) in [4.78, 5) is 30.0. The highest BCUT2D eigenvalue weighted by Crippen LogP contribution is 2.17. The average molecular weight is 299 g/mol. The number of hydrogen-bond acceptors (Lipinski definition) is 5. The monoisotopic (exact) mass is 299 g/mol. The van der Waals surface area contributed by atoms with Crippen molar-refractivity contribution in [2.24, 2.45) is 0 Å². The minimum absolute atomic E-state index is 0.0558. The van der Waals surface area contributed by atoms with E-state index in [0.717, 1.165) is 30.0 Å². The van der Waals surface area contributed by atoms with Gasteiger partial charge in [0, 0.05) is 37.6 Å². The Morgan fingerprint density at radius 3 is 2.95 bits per heavy atom. The van der Waals surface area contributed by atoms with E-state index in [-0.39, 0.29) is 24.1 Å². The first-order valence-corrected chi connectivity index (χ1v) is 7.20. The molecule has 0 saturated carbocycles. The Kier molecular flexibility index (Phi) is 4.13. The standard InChI is InChI=1S/C15H17N5O2/c21-14(11-20-15(22)5-3-8-17-20)18-12-6-9-19(10-12)13-4-1-2-7-16-13/h1-5,7-8,12H,6,9-11H2,(H,18,21)/t12-/m1/s1. The molecule has 0 spiro atoms. The maximum Gasteiger partial charge on any atom is 0.267 e. The quantitative estimate of drug-likeness (QED) is 0.862. The Balaban J connectivity index is 1.55. The van der Waals surface area contributed by atoms with Gasteiger partial charge in [0.25, 0.3) is 5.56 Å².